The van der Waals surface area contributed by atoms with Gasteiger partial charge in [-0.2, -0.15) is 0 Å². The van der Waals surface area contributed by atoms with Crippen LogP contribution in [0.3, 0.4) is 0 Å². The summed E-state index contributed by atoms with van der Waals surface area (Å²) in [5.41, 5.74) is 0. The Morgan fingerprint density at radius 1 is 0.293 bits per heavy atom. The molecule has 2 N–H and O–H groups in total. The molecule has 0 rings (SSSR count). The van der Waals surface area contributed by atoms with Gasteiger partial charge >= 0.3 is 7.60 Å². The van der Waals surface area contributed by atoms with Gasteiger partial charge in [-0.3, -0.25) is 4.57 Å². The fourth-order valence-corrected chi connectivity index (χ4v) is 7.24. The van der Waals surface area contributed by atoms with Crippen molar-refractivity contribution in [3.05, 3.63) is 0 Å². The molecule has 0 unspecified atom stereocenters. The molecule has 41 heavy (non-hydrogen) atoms. The topological polar surface area (TPSA) is 57.5 Å². The van der Waals surface area contributed by atoms with Gasteiger partial charge in [0.15, 0.2) is 0 Å². The van der Waals surface area contributed by atoms with Crippen molar-refractivity contribution in [3.8, 4) is 0 Å². The smallest absolute Gasteiger partial charge is 0.324 e. The van der Waals surface area contributed by atoms with Crippen molar-refractivity contribution in [2.45, 2.75) is 218 Å². The molecule has 0 aromatic heterocycles. The van der Waals surface area contributed by atoms with E-state index < -0.39 is 7.60 Å². The molecule has 0 aliphatic rings. The Balaban J connectivity index is 3.05. The van der Waals surface area contributed by atoms with E-state index in [2.05, 4.69) is 22.6 Å². The van der Waals surface area contributed by atoms with Crippen LogP contribution in [0.25, 0.3) is 0 Å². The minimum atomic E-state index is -3.77. The summed E-state index contributed by atoms with van der Waals surface area (Å²) in [4.78, 5) is 17.7. The second-order valence-corrected chi connectivity index (χ2v) is 16.0. The molecule has 0 amide bonds. The van der Waals surface area contributed by atoms with Crippen LogP contribution in [-0.2, 0) is 4.57 Å². The Bertz CT molecular complexity index is 525. The van der Waals surface area contributed by atoms with Gasteiger partial charge in [0.2, 0.25) is 0 Å². The molecule has 0 spiro atoms. The molecule has 248 valence electrons. The predicted molar refractivity (Wildman–Crippen MR) is 193 cm³/mol. The van der Waals surface area contributed by atoms with Gasteiger partial charge in [0.1, 0.15) is 0 Å². The van der Waals surface area contributed by atoms with E-state index in [0.29, 0.717) is 6.42 Å². The van der Waals surface area contributed by atoms with Crippen LogP contribution in [0.1, 0.15) is 218 Å². The van der Waals surface area contributed by atoms with Crippen LogP contribution in [0.4, 0.5) is 0 Å². The fraction of sp³-hybridized carbons (Fsp3) is 1.00. The maximum atomic E-state index is 10.8. The Kier molecular flexibility index (Phi) is 36.1. The predicted octanol–water partition coefficient (Wildman–Crippen LogP) is 13.9. The highest BCUT2D eigenvalue weighted by molar-refractivity contribution is 14.1. The van der Waals surface area contributed by atoms with Gasteiger partial charge in [0, 0.05) is 6.16 Å². The minimum absolute atomic E-state index is 0.0620. The van der Waals surface area contributed by atoms with Crippen molar-refractivity contribution in [1.82, 2.24) is 0 Å². The number of unbranched alkanes of at least 4 members (excludes halogenated alkanes) is 33. The van der Waals surface area contributed by atoms with E-state index in [-0.39, 0.29) is 6.16 Å². The number of hydrogen-bond donors (Lipinski definition) is 2. The van der Waals surface area contributed by atoms with Crippen molar-refractivity contribution in [3.63, 3.8) is 0 Å². The van der Waals surface area contributed by atoms with Gasteiger partial charge in [-0.25, -0.2) is 0 Å². The van der Waals surface area contributed by atoms with Gasteiger partial charge in [0.25, 0.3) is 0 Å². The van der Waals surface area contributed by atoms with Crippen molar-refractivity contribution in [1.29, 1.82) is 0 Å². The van der Waals surface area contributed by atoms with Crippen molar-refractivity contribution < 1.29 is 14.4 Å². The standard InChI is InChI=1S/C36H74IO3P/c37-35-33-31-29-27-25-23-21-19-17-15-13-11-9-7-5-3-1-2-4-6-8-10-12-14-16-18-20-22-24-26-28-30-32-34-36-41(38,39)40/h1-36H2,(H2,38,39,40). The largest absolute Gasteiger partial charge is 0.325 e. The van der Waals surface area contributed by atoms with Gasteiger partial charge in [-0.1, -0.05) is 228 Å². The molecule has 0 radical (unpaired) electrons. The van der Waals surface area contributed by atoms with E-state index in [4.69, 9.17) is 9.79 Å². The molecule has 0 bridgehead atoms. The molecule has 0 aliphatic heterocycles. The van der Waals surface area contributed by atoms with Crippen LogP contribution in [0, 0.1) is 0 Å². The maximum absolute atomic E-state index is 10.8. The summed E-state index contributed by atoms with van der Waals surface area (Å²) in [6, 6.07) is 0. The second-order valence-electron chi connectivity index (χ2n) is 13.1. The Morgan fingerprint density at radius 3 is 0.585 bits per heavy atom. The molecule has 0 saturated heterocycles. The van der Waals surface area contributed by atoms with Crippen LogP contribution in [-0.4, -0.2) is 20.4 Å². The zero-order valence-corrected chi connectivity index (χ0v) is 30.6. The molecule has 0 aliphatic carbocycles. The molecule has 0 atom stereocenters. The van der Waals surface area contributed by atoms with Gasteiger partial charge in [0.05, 0.1) is 0 Å². The Labute approximate surface area is 272 Å². The lowest BCUT2D eigenvalue weighted by atomic mass is 10.0. The van der Waals surface area contributed by atoms with Crippen molar-refractivity contribution >= 4 is 30.2 Å². The monoisotopic (exact) mass is 712 g/mol. The molecule has 0 heterocycles. The highest BCUT2D eigenvalue weighted by atomic mass is 127. The van der Waals surface area contributed by atoms with E-state index in [0.717, 1.165) is 12.8 Å². The van der Waals surface area contributed by atoms with Crippen molar-refractivity contribution in [2.24, 2.45) is 0 Å². The van der Waals surface area contributed by atoms with E-state index in [9.17, 15) is 4.57 Å². The zero-order chi connectivity index (χ0) is 30.0. The fourth-order valence-electron chi connectivity index (χ4n) is 6.07. The average Bonchev–Trinajstić information content (AvgIpc) is 2.94. The SMILES string of the molecule is O=P(O)(O)CCCCCCCCCCCCCCCCCCCCCCCCCCCCCCCCCCCCI. The third-order valence-electron chi connectivity index (χ3n) is 8.83. The van der Waals surface area contributed by atoms with E-state index in [1.54, 1.807) is 0 Å². The van der Waals surface area contributed by atoms with Crippen LogP contribution >= 0.6 is 30.2 Å². The van der Waals surface area contributed by atoms with Crippen molar-refractivity contribution in [2.75, 3.05) is 10.6 Å². The summed E-state index contributed by atoms with van der Waals surface area (Å²) >= 11 is 2.50. The summed E-state index contributed by atoms with van der Waals surface area (Å²) in [6.07, 6.45) is 47.4. The van der Waals surface area contributed by atoms with E-state index in [1.807, 2.05) is 0 Å². The third kappa shape index (κ3) is 40.9. The summed E-state index contributed by atoms with van der Waals surface area (Å²) in [5, 5.41) is 0. The third-order valence-corrected chi connectivity index (χ3v) is 10.5. The molecule has 0 saturated carbocycles. The number of hydrogen-bond acceptors (Lipinski definition) is 1. The Hall–Kier alpha value is 0.880. The first-order valence-electron chi connectivity index (χ1n) is 18.7. The lowest BCUT2D eigenvalue weighted by Crippen LogP contribution is -1.88. The highest BCUT2D eigenvalue weighted by Gasteiger charge is 2.10. The normalized spacial score (nSPS) is 12.0. The molecule has 0 aromatic carbocycles. The number of halogens is 1. The molecular formula is C36H74IO3P. The quantitative estimate of drug-likeness (QED) is 0.0294. The second kappa shape index (κ2) is 35.4. The summed E-state index contributed by atoms with van der Waals surface area (Å²) in [5.74, 6) is 0. The first-order chi connectivity index (χ1) is 20.1. The average molecular weight is 713 g/mol. The zero-order valence-electron chi connectivity index (χ0n) is 27.6. The van der Waals surface area contributed by atoms with Gasteiger partial charge in [-0.15, -0.1) is 0 Å². The molecule has 3 nitrogen and oxygen atoms in total. The lowest BCUT2D eigenvalue weighted by molar-refractivity contribution is 0.370. The first kappa shape index (κ1) is 41.9. The maximum Gasteiger partial charge on any atom is 0.325 e. The Morgan fingerprint density at radius 2 is 0.439 bits per heavy atom. The molecule has 0 fully saturated rings. The van der Waals surface area contributed by atoms with Crippen LogP contribution in [0.5, 0.6) is 0 Å². The minimum Gasteiger partial charge on any atom is -0.324 e. The van der Waals surface area contributed by atoms with E-state index >= 15 is 0 Å². The molecule has 0 aromatic rings. The molecule has 5 heteroatoms. The summed E-state index contributed by atoms with van der Waals surface area (Å²) in [7, 11) is -3.77. The van der Waals surface area contributed by atoms with Crippen LogP contribution in [0.2, 0.25) is 0 Å². The summed E-state index contributed by atoms with van der Waals surface area (Å²) in [6.45, 7) is 0. The molecular weight excluding hydrogens is 638 g/mol. The highest BCUT2D eigenvalue weighted by Crippen LogP contribution is 2.35. The van der Waals surface area contributed by atoms with Gasteiger partial charge in [-0.05, 0) is 17.3 Å². The summed E-state index contributed by atoms with van der Waals surface area (Å²) < 4.78 is 12.1. The van der Waals surface area contributed by atoms with Gasteiger partial charge < -0.3 is 9.79 Å². The number of alkyl halides is 1. The first-order valence-corrected chi connectivity index (χ1v) is 22.0. The van der Waals surface area contributed by atoms with Crippen LogP contribution in [0.15, 0.2) is 0 Å². The lowest BCUT2D eigenvalue weighted by Gasteiger charge is -2.05. The number of rotatable bonds is 36. The van der Waals surface area contributed by atoms with E-state index in [1.165, 1.54) is 203 Å². The van der Waals surface area contributed by atoms with Crippen LogP contribution < -0.4 is 0 Å².